The summed E-state index contributed by atoms with van der Waals surface area (Å²) >= 11 is 0. The highest BCUT2D eigenvalue weighted by atomic mass is 16.5. The summed E-state index contributed by atoms with van der Waals surface area (Å²) in [5.41, 5.74) is 4.40. The van der Waals surface area contributed by atoms with Gasteiger partial charge in [0.1, 0.15) is 0 Å². The van der Waals surface area contributed by atoms with Crippen molar-refractivity contribution in [2.75, 3.05) is 20.8 Å². The Labute approximate surface area is 197 Å². The first kappa shape index (κ1) is 21.7. The Morgan fingerprint density at radius 2 is 1.44 bits per heavy atom. The molecule has 0 saturated carbocycles. The van der Waals surface area contributed by atoms with Crippen LogP contribution in [0.5, 0.6) is 11.5 Å². The number of carbonyl (C=O) groups is 3. The van der Waals surface area contributed by atoms with Gasteiger partial charge < -0.3 is 14.4 Å². The van der Waals surface area contributed by atoms with Crippen molar-refractivity contribution in [3.8, 4) is 11.5 Å². The number of hydrogen-bond donors (Lipinski definition) is 0. The molecule has 3 amide bonds. The number of ether oxygens (including phenoxy) is 2. The van der Waals surface area contributed by atoms with Crippen LogP contribution in [0.1, 0.15) is 47.8 Å². The summed E-state index contributed by atoms with van der Waals surface area (Å²) in [6, 6.07) is 17.8. The number of fused-ring (bicyclic) bond motifs is 2. The van der Waals surface area contributed by atoms with E-state index in [0.717, 1.165) is 23.1 Å². The van der Waals surface area contributed by atoms with Crippen LogP contribution in [-0.2, 0) is 19.5 Å². The van der Waals surface area contributed by atoms with Gasteiger partial charge in [-0.15, -0.1) is 0 Å². The van der Waals surface area contributed by atoms with Crippen molar-refractivity contribution in [2.45, 2.75) is 19.5 Å². The third kappa shape index (κ3) is 3.69. The van der Waals surface area contributed by atoms with Crippen LogP contribution in [0.15, 0.2) is 60.7 Å². The maximum absolute atomic E-state index is 13.1. The monoisotopic (exact) mass is 456 g/mol. The van der Waals surface area contributed by atoms with E-state index in [1.807, 2.05) is 17.0 Å². The van der Waals surface area contributed by atoms with Gasteiger partial charge in [-0.05, 0) is 59.5 Å². The molecule has 7 nitrogen and oxygen atoms in total. The Morgan fingerprint density at radius 3 is 2.03 bits per heavy atom. The molecule has 5 rings (SSSR count). The minimum Gasteiger partial charge on any atom is -0.493 e. The van der Waals surface area contributed by atoms with Gasteiger partial charge in [-0.3, -0.25) is 19.3 Å². The zero-order valence-corrected chi connectivity index (χ0v) is 19.0. The van der Waals surface area contributed by atoms with Crippen LogP contribution in [-0.4, -0.2) is 48.3 Å². The van der Waals surface area contributed by atoms with Gasteiger partial charge in [0, 0.05) is 18.7 Å². The van der Waals surface area contributed by atoms with Gasteiger partial charge in [-0.25, -0.2) is 0 Å². The largest absolute Gasteiger partial charge is 0.493 e. The molecule has 0 saturated heterocycles. The van der Waals surface area contributed by atoms with E-state index in [-0.39, 0.29) is 24.3 Å². The van der Waals surface area contributed by atoms with Gasteiger partial charge in [-0.2, -0.15) is 0 Å². The first-order valence-electron chi connectivity index (χ1n) is 11.1. The molecule has 2 heterocycles. The molecule has 34 heavy (non-hydrogen) atoms. The zero-order valence-electron chi connectivity index (χ0n) is 19.0. The van der Waals surface area contributed by atoms with Gasteiger partial charge in [0.25, 0.3) is 17.7 Å². The molecule has 2 aliphatic heterocycles. The van der Waals surface area contributed by atoms with E-state index in [4.69, 9.17) is 9.47 Å². The predicted octanol–water partition coefficient (Wildman–Crippen LogP) is 3.70. The Balaban J connectivity index is 1.29. The van der Waals surface area contributed by atoms with Crippen molar-refractivity contribution in [3.05, 3.63) is 94.0 Å². The smallest absolute Gasteiger partial charge is 0.261 e. The van der Waals surface area contributed by atoms with Gasteiger partial charge in [-0.1, -0.05) is 24.3 Å². The van der Waals surface area contributed by atoms with Gasteiger partial charge in [0.15, 0.2) is 11.5 Å². The van der Waals surface area contributed by atoms with Gasteiger partial charge in [0.05, 0.1) is 31.9 Å². The Kier molecular flexibility index (Phi) is 5.53. The minimum absolute atomic E-state index is 0.0623. The molecule has 7 heteroatoms. The Morgan fingerprint density at radius 1 is 0.853 bits per heavy atom. The summed E-state index contributed by atoms with van der Waals surface area (Å²) in [6.45, 7) is 1.27. The topological polar surface area (TPSA) is 76.2 Å². The van der Waals surface area contributed by atoms with Crippen molar-refractivity contribution >= 4 is 17.7 Å². The van der Waals surface area contributed by atoms with E-state index in [9.17, 15) is 14.4 Å². The minimum atomic E-state index is -0.292. The first-order valence-corrected chi connectivity index (χ1v) is 11.1. The Bertz CT molecular complexity index is 1260. The second kappa shape index (κ2) is 8.67. The predicted molar refractivity (Wildman–Crippen MR) is 125 cm³/mol. The lowest BCUT2D eigenvalue weighted by atomic mass is 9.98. The normalized spacial score (nSPS) is 14.6. The fraction of sp³-hybridized carbons (Fsp3) is 0.222. The summed E-state index contributed by atoms with van der Waals surface area (Å²) < 4.78 is 10.8. The number of rotatable bonds is 5. The molecular weight excluding hydrogens is 432 g/mol. The summed E-state index contributed by atoms with van der Waals surface area (Å²) in [6.07, 6.45) is 0.735. The molecule has 0 radical (unpaired) electrons. The quantitative estimate of drug-likeness (QED) is 0.548. The molecular formula is C27H24N2O5. The van der Waals surface area contributed by atoms with E-state index in [2.05, 4.69) is 0 Å². The fourth-order valence-electron chi connectivity index (χ4n) is 4.56. The van der Waals surface area contributed by atoms with E-state index >= 15 is 0 Å². The molecule has 0 spiro atoms. The second-order valence-corrected chi connectivity index (χ2v) is 8.39. The lowest BCUT2D eigenvalue weighted by Crippen LogP contribution is -2.36. The maximum Gasteiger partial charge on any atom is 0.261 e. The Hall–Kier alpha value is -4.13. The average molecular weight is 456 g/mol. The van der Waals surface area contributed by atoms with E-state index in [1.165, 1.54) is 4.90 Å². The molecule has 2 aliphatic rings. The van der Waals surface area contributed by atoms with Crippen LogP contribution < -0.4 is 9.47 Å². The molecule has 0 fully saturated rings. The highest BCUT2D eigenvalue weighted by Crippen LogP contribution is 2.33. The average Bonchev–Trinajstić information content (AvgIpc) is 3.12. The number of methoxy groups -OCH3 is 2. The first-order chi connectivity index (χ1) is 16.5. The van der Waals surface area contributed by atoms with Crippen LogP contribution in [0.25, 0.3) is 0 Å². The molecule has 0 N–H and O–H groups in total. The van der Waals surface area contributed by atoms with Crippen LogP contribution >= 0.6 is 0 Å². The molecule has 0 bridgehead atoms. The summed E-state index contributed by atoms with van der Waals surface area (Å²) in [5.74, 6) is 0.690. The molecule has 172 valence electrons. The number of nitrogens with zero attached hydrogens (tertiary/aromatic N) is 2. The van der Waals surface area contributed by atoms with Gasteiger partial charge in [0.2, 0.25) is 0 Å². The van der Waals surface area contributed by atoms with Crippen molar-refractivity contribution in [2.24, 2.45) is 0 Å². The van der Waals surface area contributed by atoms with Crippen LogP contribution in [0.3, 0.4) is 0 Å². The van der Waals surface area contributed by atoms with Crippen LogP contribution in [0.4, 0.5) is 0 Å². The third-order valence-electron chi connectivity index (χ3n) is 6.43. The molecule has 3 aromatic carbocycles. The standard InChI is InChI=1S/C27H24N2O5/c1-33-23-13-19-11-12-28(16-20(19)14-24(23)34-2)25(30)18-9-7-17(8-10-18)15-29-26(31)21-5-3-4-6-22(21)27(29)32/h3-10,13-14H,11-12,15-16H2,1-2H3. The molecule has 0 aliphatic carbocycles. The van der Waals surface area contributed by atoms with Crippen molar-refractivity contribution in [3.63, 3.8) is 0 Å². The number of imide groups is 1. The third-order valence-corrected chi connectivity index (χ3v) is 6.43. The lowest BCUT2D eigenvalue weighted by Gasteiger charge is -2.29. The number of amides is 3. The summed E-state index contributed by atoms with van der Waals surface area (Å²) in [5, 5.41) is 0. The van der Waals surface area contributed by atoms with E-state index in [1.54, 1.807) is 62.8 Å². The number of hydrogen-bond acceptors (Lipinski definition) is 5. The van der Waals surface area contributed by atoms with Crippen molar-refractivity contribution in [1.82, 2.24) is 9.80 Å². The van der Waals surface area contributed by atoms with E-state index in [0.29, 0.717) is 41.3 Å². The summed E-state index contributed by atoms with van der Waals surface area (Å²) in [4.78, 5) is 41.4. The SMILES string of the molecule is COc1cc2c(cc1OC)CN(C(=O)c1ccc(CN3C(=O)c4ccccc4C3=O)cc1)CC2. The molecule has 0 unspecified atom stereocenters. The number of carbonyl (C=O) groups excluding carboxylic acids is 3. The van der Waals surface area contributed by atoms with Crippen LogP contribution in [0.2, 0.25) is 0 Å². The second-order valence-electron chi connectivity index (χ2n) is 8.39. The fourth-order valence-corrected chi connectivity index (χ4v) is 4.56. The molecule has 0 aromatic heterocycles. The van der Waals surface area contributed by atoms with Crippen molar-refractivity contribution in [1.29, 1.82) is 0 Å². The highest BCUT2D eigenvalue weighted by Gasteiger charge is 2.35. The van der Waals surface area contributed by atoms with Crippen molar-refractivity contribution < 1.29 is 23.9 Å². The molecule has 0 atom stereocenters. The van der Waals surface area contributed by atoms with Gasteiger partial charge >= 0.3 is 0 Å². The lowest BCUT2D eigenvalue weighted by molar-refractivity contribution is 0.0640. The summed E-state index contributed by atoms with van der Waals surface area (Å²) in [7, 11) is 3.21. The van der Waals surface area contributed by atoms with E-state index < -0.39 is 0 Å². The van der Waals surface area contributed by atoms with Crippen LogP contribution in [0, 0.1) is 0 Å². The number of benzene rings is 3. The zero-order chi connectivity index (χ0) is 23.8. The highest BCUT2D eigenvalue weighted by molar-refractivity contribution is 6.21. The molecule has 3 aromatic rings. The maximum atomic E-state index is 13.1.